The molecular weight excluding hydrogens is 288 g/mol. The van der Waals surface area contributed by atoms with Crippen molar-refractivity contribution in [3.63, 3.8) is 0 Å². The molecule has 0 aromatic carbocycles. The molecule has 1 aliphatic carbocycles. The summed E-state index contributed by atoms with van der Waals surface area (Å²) >= 11 is 5.53. The predicted molar refractivity (Wildman–Crippen MR) is 84.2 cm³/mol. The van der Waals surface area contributed by atoms with Gasteiger partial charge in [0.05, 0.1) is 5.71 Å². The van der Waals surface area contributed by atoms with Crippen molar-refractivity contribution in [2.75, 3.05) is 5.88 Å². The van der Waals surface area contributed by atoms with E-state index in [0.29, 0.717) is 5.71 Å². The zero-order chi connectivity index (χ0) is 15.6. The zero-order valence-corrected chi connectivity index (χ0v) is 13.2. The molecule has 2 rings (SSSR count). The van der Waals surface area contributed by atoms with Crippen molar-refractivity contribution in [2.24, 2.45) is 16.3 Å². The number of fused-ring (bicyclic) bond motifs is 1. The van der Waals surface area contributed by atoms with Crippen LogP contribution in [-0.2, 0) is 9.59 Å². The van der Waals surface area contributed by atoms with Gasteiger partial charge in [0, 0.05) is 30.0 Å². The van der Waals surface area contributed by atoms with Crippen molar-refractivity contribution in [3.05, 3.63) is 35.6 Å². The minimum Gasteiger partial charge on any atom is -0.325 e. The molecule has 1 heterocycles. The molecule has 1 aliphatic heterocycles. The van der Waals surface area contributed by atoms with Gasteiger partial charge in [0.2, 0.25) is 11.8 Å². The van der Waals surface area contributed by atoms with E-state index < -0.39 is 0 Å². The third kappa shape index (κ3) is 3.70. The molecule has 0 bridgehead atoms. The summed E-state index contributed by atoms with van der Waals surface area (Å²) in [6.07, 6.45) is 7.42. The minimum absolute atomic E-state index is 0.0322. The molecule has 0 aromatic rings. The molecule has 4 nitrogen and oxygen atoms in total. The van der Waals surface area contributed by atoms with Crippen LogP contribution in [0.4, 0.5) is 0 Å². The highest BCUT2D eigenvalue weighted by Crippen LogP contribution is 2.38. The molecule has 21 heavy (non-hydrogen) atoms. The SMILES string of the molecule is CC(C)(C)C1=CC(=O)NC2=CC(=NC(=O)CCCl)C=CC21. The number of carbonyl (C=O) groups is 2. The lowest BCUT2D eigenvalue weighted by molar-refractivity contribution is -0.117. The molecule has 0 aromatic heterocycles. The van der Waals surface area contributed by atoms with Gasteiger partial charge in [0.1, 0.15) is 0 Å². The minimum atomic E-state index is -0.256. The fourth-order valence-corrected chi connectivity index (χ4v) is 2.59. The van der Waals surface area contributed by atoms with Crippen molar-refractivity contribution in [1.82, 2.24) is 5.32 Å². The molecule has 1 N–H and O–H groups in total. The third-order valence-electron chi connectivity index (χ3n) is 3.42. The quantitative estimate of drug-likeness (QED) is 0.798. The summed E-state index contributed by atoms with van der Waals surface area (Å²) in [6.45, 7) is 6.24. The number of nitrogens with one attached hydrogen (secondary N) is 1. The Labute approximate surface area is 129 Å². The first-order chi connectivity index (χ1) is 9.81. The summed E-state index contributed by atoms with van der Waals surface area (Å²) < 4.78 is 0. The number of carbonyl (C=O) groups excluding carboxylic acids is 2. The van der Waals surface area contributed by atoms with Gasteiger partial charge >= 0.3 is 0 Å². The first-order valence-electron chi connectivity index (χ1n) is 6.91. The van der Waals surface area contributed by atoms with E-state index in [0.717, 1.165) is 11.3 Å². The van der Waals surface area contributed by atoms with Crippen LogP contribution in [0.15, 0.2) is 40.6 Å². The maximum absolute atomic E-state index is 11.8. The second-order valence-electron chi connectivity index (χ2n) is 6.14. The average molecular weight is 307 g/mol. The van der Waals surface area contributed by atoms with Crippen LogP contribution in [0.5, 0.6) is 0 Å². The molecule has 1 atom stereocenters. The number of hydrogen-bond donors (Lipinski definition) is 1. The Hall–Kier alpha value is -1.68. The van der Waals surface area contributed by atoms with Crippen molar-refractivity contribution in [3.8, 4) is 0 Å². The predicted octanol–water partition coefficient (Wildman–Crippen LogP) is 2.76. The molecule has 0 radical (unpaired) electrons. The third-order valence-corrected chi connectivity index (χ3v) is 3.60. The molecule has 0 spiro atoms. The van der Waals surface area contributed by atoms with Crippen LogP contribution in [0.2, 0.25) is 0 Å². The number of halogens is 1. The smallest absolute Gasteiger partial charge is 0.248 e. The normalized spacial score (nSPS) is 23.3. The number of rotatable bonds is 2. The second-order valence-corrected chi connectivity index (χ2v) is 6.52. The van der Waals surface area contributed by atoms with Gasteiger partial charge in [-0.05, 0) is 23.1 Å². The number of hydrogen-bond acceptors (Lipinski definition) is 2. The monoisotopic (exact) mass is 306 g/mol. The molecule has 2 aliphatic rings. The van der Waals surface area contributed by atoms with Crippen LogP contribution in [0, 0.1) is 11.3 Å². The summed E-state index contributed by atoms with van der Waals surface area (Å²) in [5, 5.41) is 2.83. The summed E-state index contributed by atoms with van der Waals surface area (Å²) in [5.74, 6) is -0.103. The van der Waals surface area contributed by atoms with Gasteiger partial charge in [-0.3, -0.25) is 9.59 Å². The lowest BCUT2D eigenvalue weighted by atomic mass is 9.74. The molecule has 0 saturated carbocycles. The highest BCUT2D eigenvalue weighted by atomic mass is 35.5. The van der Waals surface area contributed by atoms with Gasteiger partial charge in [-0.1, -0.05) is 26.8 Å². The average Bonchev–Trinajstić information content (AvgIpc) is 2.36. The van der Waals surface area contributed by atoms with E-state index in [9.17, 15) is 9.59 Å². The molecule has 5 heteroatoms. The van der Waals surface area contributed by atoms with Crippen LogP contribution >= 0.6 is 11.6 Å². The number of nitrogens with zero attached hydrogens (tertiary/aromatic N) is 1. The number of amides is 2. The standard InChI is InChI=1S/C16H19ClN2O2/c1-16(2,3)12-9-15(21)19-13-8-10(4-5-11(12)13)18-14(20)6-7-17/h4-5,8-9,11H,6-7H2,1-3H3,(H,19,21). The maximum Gasteiger partial charge on any atom is 0.248 e. The van der Waals surface area contributed by atoms with Crippen LogP contribution in [0.3, 0.4) is 0 Å². The maximum atomic E-state index is 11.8. The Balaban J connectivity index is 2.31. The molecule has 1 unspecified atom stereocenters. The topological polar surface area (TPSA) is 58.5 Å². The van der Waals surface area contributed by atoms with E-state index in [4.69, 9.17) is 11.6 Å². The Morgan fingerprint density at radius 2 is 2.10 bits per heavy atom. The summed E-state index contributed by atoms with van der Waals surface area (Å²) in [6, 6.07) is 0. The lowest BCUT2D eigenvalue weighted by Gasteiger charge is -2.34. The Morgan fingerprint density at radius 3 is 2.71 bits per heavy atom. The number of aliphatic imine (C=N–C) groups is 1. The van der Waals surface area contributed by atoms with Crippen molar-refractivity contribution in [1.29, 1.82) is 0 Å². The van der Waals surface area contributed by atoms with E-state index in [1.165, 1.54) is 0 Å². The van der Waals surface area contributed by atoms with E-state index >= 15 is 0 Å². The lowest BCUT2D eigenvalue weighted by Crippen LogP contribution is -2.36. The molecule has 2 amide bonds. The zero-order valence-electron chi connectivity index (χ0n) is 12.4. The highest BCUT2D eigenvalue weighted by Gasteiger charge is 2.32. The van der Waals surface area contributed by atoms with Crippen molar-refractivity contribution in [2.45, 2.75) is 27.2 Å². The Bertz CT molecular complexity index is 592. The Kier molecular flexibility index (Phi) is 4.47. The summed E-state index contributed by atoms with van der Waals surface area (Å²) in [5.41, 5.74) is 2.27. The van der Waals surface area contributed by atoms with E-state index in [-0.39, 0.29) is 35.4 Å². The van der Waals surface area contributed by atoms with Gasteiger partial charge < -0.3 is 5.32 Å². The molecule has 0 saturated heterocycles. The van der Waals surface area contributed by atoms with E-state index in [1.807, 2.05) is 12.2 Å². The van der Waals surface area contributed by atoms with Crippen LogP contribution in [0.1, 0.15) is 27.2 Å². The first-order valence-corrected chi connectivity index (χ1v) is 7.45. The fraction of sp³-hybridized carbons (Fsp3) is 0.438. The fourth-order valence-electron chi connectivity index (χ4n) is 2.42. The second kappa shape index (κ2) is 5.98. The van der Waals surface area contributed by atoms with Gasteiger partial charge in [0.15, 0.2) is 0 Å². The highest BCUT2D eigenvalue weighted by molar-refractivity contribution is 6.19. The Morgan fingerprint density at radius 1 is 1.38 bits per heavy atom. The number of allylic oxidation sites excluding steroid dienone is 3. The molecule has 0 fully saturated rings. The number of alkyl halides is 1. The first kappa shape index (κ1) is 15.7. The summed E-state index contributed by atoms with van der Waals surface area (Å²) in [4.78, 5) is 27.3. The van der Waals surface area contributed by atoms with Gasteiger partial charge in [-0.25, -0.2) is 4.99 Å². The van der Waals surface area contributed by atoms with Gasteiger partial charge in [-0.15, -0.1) is 11.6 Å². The van der Waals surface area contributed by atoms with Crippen LogP contribution in [0.25, 0.3) is 0 Å². The van der Waals surface area contributed by atoms with Crippen molar-refractivity contribution < 1.29 is 9.59 Å². The van der Waals surface area contributed by atoms with Crippen LogP contribution in [-0.4, -0.2) is 23.4 Å². The van der Waals surface area contributed by atoms with Gasteiger partial charge in [-0.2, -0.15) is 0 Å². The summed E-state index contributed by atoms with van der Waals surface area (Å²) in [7, 11) is 0. The van der Waals surface area contributed by atoms with Gasteiger partial charge in [0.25, 0.3) is 0 Å². The largest absolute Gasteiger partial charge is 0.325 e. The van der Waals surface area contributed by atoms with E-state index in [1.54, 1.807) is 12.2 Å². The molecular formula is C16H19ClN2O2. The van der Waals surface area contributed by atoms with E-state index in [2.05, 4.69) is 31.1 Å². The van der Waals surface area contributed by atoms with Crippen molar-refractivity contribution >= 4 is 29.1 Å². The molecule has 112 valence electrons. The van der Waals surface area contributed by atoms with Crippen LogP contribution < -0.4 is 5.32 Å².